The fraction of sp³-hybridized carbons (Fsp3) is 0.393. The highest BCUT2D eigenvalue weighted by Crippen LogP contribution is 2.29. The van der Waals surface area contributed by atoms with Crippen molar-refractivity contribution in [2.24, 2.45) is 0 Å². The second kappa shape index (κ2) is 10.5. The van der Waals surface area contributed by atoms with E-state index in [-0.39, 0.29) is 17.6 Å². The number of carbonyl (C=O) groups is 2. The average Bonchev–Trinajstić information content (AvgIpc) is 3.42. The molecule has 8 heteroatoms. The van der Waals surface area contributed by atoms with Crippen molar-refractivity contribution in [1.29, 1.82) is 0 Å². The Morgan fingerprint density at radius 2 is 1.69 bits per heavy atom. The van der Waals surface area contributed by atoms with Crippen LogP contribution >= 0.6 is 0 Å². The van der Waals surface area contributed by atoms with E-state index in [4.69, 9.17) is 4.74 Å². The first kappa shape index (κ1) is 24.0. The number of rotatable bonds is 6. The molecular weight excluding hydrogens is 459 g/mol. The lowest BCUT2D eigenvalue weighted by Gasteiger charge is -2.22. The van der Waals surface area contributed by atoms with Crippen molar-refractivity contribution in [3.8, 4) is 11.4 Å². The zero-order chi connectivity index (χ0) is 25.1. The summed E-state index contributed by atoms with van der Waals surface area (Å²) in [5, 5.41) is 4.59. The van der Waals surface area contributed by atoms with Crippen LogP contribution < -0.4 is 4.74 Å². The largest absolute Gasteiger partial charge is 0.497 e. The molecule has 0 radical (unpaired) electrons. The van der Waals surface area contributed by atoms with E-state index in [0.717, 1.165) is 48.3 Å². The minimum absolute atomic E-state index is 0.102. The molecule has 0 atom stereocenters. The van der Waals surface area contributed by atoms with Gasteiger partial charge in [0.25, 0.3) is 5.91 Å². The molecule has 0 spiro atoms. The third-order valence-electron chi connectivity index (χ3n) is 7.14. The van der Waals surface area contributed by atoms with Gasteiger partial charge in [-0.25, -0.2) is 9.07 Å². The van der Waals surface area contributed by atoms with E-state index in [9.17, 15) is 14.0 Å². The van der Waals surface area contributed by atoms with Gasteiger partial charge in [-0.15, -0.1) is 0 Å². The number of benzene rings is 2. The lowest BCUT2D eigenvalue weighted by molar-refractivity contribution is -0.131. The molecule has 0 bridgehead atoms. The van der Waals surface area contributed by atoms with Crippen molar-refractivity contribution < 1.29 is 18.7 Å². The summed E-state index contributed by atoms with van der Waals surface area (Å²) in [6.45, 7) is 2.17. The molecule has 3 aromatic rings. The van der Waals surface area contributed by atoms with Gasteiger partial charge in [0.2, 0.25) is 5.91 Å². The van der Waals surface area contributed by atoms with Gasteiger partial charge in [-0.3, -0.25) is 9.59 Å². The van der Waals surface area contributed by atoms with Crippen LogP contribution in [0, 0.1) is 5.82 Å². The van der Waals surface area contributed by atoms with Crippen molar-refractivity contribution in [2.45, 2.75) is 38.5 Å². The molecule has 7 nitrogen and oxygen atoms in total. The van der Waals surface area contributed by atoms with Crippen LogP contribution in [0.25, 0.3) is 5.69 Å². The molecule has 1 aromatic heterocycles. The average molecular weight is 491 g/mol. The summed E-state index contributed by atoms with van der Waals surface area (Å²) in [6.07, 6.45) is 4.30. The van der Waals surface area contributed by atoms with E-state index >= 15 is 0 Å². The van der Waals surface area contributed by atoms with Gasteiger partial charge < -0.3 is 14.5 Å². The maximum atomic E-state index is 14.5. The molecule has 2 amide bonds. The van der Waals surface area contributed by atoms with Crippen LogP contribution in [0.15, 0.2) is 48.5 Å². The maximum absolute atomic E-state index is 14.5. The minimum Gasteiger partial charge on any atom is -0.497 e. The molecule has 0 saturated carbocycles. The Balaban J connectivity index is 1.24. The van der Waals surface area contributed by atoms with Gasteiger partial charge in [-0.2, -0.15) is 5.10 Å². The van der Waals surface area contributed by atoms with E-state index in [1.807, 2.05) is 29.2 Å². The highest BCUT2D eigenvalue weighted by atomic mass is 19.1. The third kappa shape index (κ3) is 4.85. The van der Waals surface area contributed by atoms with E-state index in [1.54, 1.807) is 34.9 Å². The fourth-order valence-electron chi connectivity index (χ4n) is 5.15. The van der Waals surface area contributed by atoms with Gasteiger partial charge >= 0.3 is 0 Å². The Labute approximate surface area is 210 Å². The minimum atomic E-state index is -0.354. The highest BCUT2D eigenvalue weighted by molar-refractivity contribution is 5.94. The number of nitrogens with zero attached hydrogens (tertiary/aromatic N) is 4. The number of ether oxygens (including phenoxy) is 1. The second-order valence-corrected chi connectivity index (χ2v) is 9.37. The van der Waals surface area contributed by atoms with Crippen molar-refractivity contribution >= 4 is 11.8 Å². The highest BCUT2D eigenvalue weighted by Gasteiger charge is 2.31. The van der Waals surface area contributed by atoms with Crippen molar-refractivity contribution in [2.75, 3.05) is 33.3 Å². The first-order valence-electron chi connectivity index (χ1n) is 12.6. The molecule has 2 aromatic carbocycles. The molecule has 2 aliphatic rings. The summed E-state index contributed by atoms with van der Waals surface area (Å²) in [7, 11) is 1.63. The van der Waals surface area contributed by atoms with E-state index < -0.39 is 0 Å². The number of methoxy groups -OCH3 is 1. The number of carbonyl (C=O) groups excluding carboxylic acids is 2. The molecule has 1 saturated heterocycles. The molecule has 0 unspecified atom stereocenters. The lowest BCUT2D eigenvalue weighted by atomic mass is 10.1. The monoisotopic (exact) mass is 490 g/mol. The van der Waals surface area contributed by atoms with Gasteiger partial charge in [0.15, 0.2) is 5.69 Å². The predicted molar refractivity (Wildman–Crippen MR) is 134 cm³/mol. The molecule has 2 heterocycles. The van der Waals surface area contributed by atoms with Crippen LogP contribution in [-0.4, -0.2) is 64.7 Å². The van der Waals surface area contributed by atoms with Gasteiger partial charge in [0.1, 0.15) is 17.3 Å². The molecule has 1 fully saturated rings. The van der Waals surface area contributed by atoms with E-state index in [2.05, 4.69) is 5.10 Å². The third-order valence-corrected chi connectivity index (χ3v) is 7.14. The van der Waals surface area contributed by atoms with Gasteiger partial charge in [0, 0.05) is 43.9 Å². The number of fused-ring (bicyclic) bond motifs is 1. The Morgan fingerprint density at radius 3 is 2.47 bits per heavy atom. The Hall–Kier alpha value is -3.68. The van der Waals surface area contributed by atoms with Gasteiger partial charge in [0.05, 0.1) is 7.11 Å². The van der Waals surface area contributed by atoms with Crippen molar-refractivity contribution in [3.63, 3.8) is 0 Å². The SMILES string of the molecule is COc1ccc(CCC(=O)N2CCCN(C(=O)c3nn(-c4ccccc4F)c4c3CCC4)CC2)cc1. The molecule has 1 aliphatic carbocycles. The van der Waals surface area contributed by atoms with Crippen LogP contribution in [0.3, 0.4) is 0 Å². The number of hydrogen-bond acceptors (Lipinski definition) is 4. The number of aryl methyl sites for hydroxylation is 1. The predicted octanol–water partition coefficient (Wildman–Crippen LogP) is 3.82. The molecule has 188 valence electrons. The first-order valence-corrected chi connectivity index (χ1v) is 12.6. The normalized spacial score (nSPS) is 15.5. The van der Waals surface area contributed by atoms with Gasteiger partial charge in [-0.05, 0) is 61.9 Å². The summed E-state index contributed by atoms with van der Waals surface area (Å²) in [5.74, 6) is 0.416. The van der Waals surface area contributed by atoms with Crippen LogP contribution in [-0.2, 0) is 24.1 Å². The molecular formula is C28H31FN4O3. The zero-order valence-electron chi connectivity index (χ0n) is 20.6. The second-order valence-electron chi connectivity index (χ2n) is 9.37. The van der Waals surface area contributed by atoms with Crippen molar-refractivity contribution in [3.05, 3.63) is 76.9 Å². The number of aromatic nitrogens is 2. The summed E-state index contributed by atoms with van der Waals surface area (Å²) >= 11 is 0. The number of halogens is 1. The quantitative estimate of drug-likeness (QED) is 0.527. The summed E-state index contributed by atoms with van der Waals surface area (Å²) in [6, 6.07) is 14.3. The van der Waals surface area contributed by atoms with Crippen molar-refractivity contribution in [1.82, 2.24) is 19.6 Å². The summed E-state index contributed by atoms with van der Waals surface area (Å²) in [4.78, 5) is 30.1. The number of amides is 2. The van der Waals surface area contributed by atoms with Crippen LogP contribution in [0.4, 0.5) is 4.39 Å². The smallest absolute Gasteiger partial charge is 0.274 e. The van der Waals surface area contributed by atoms with Crippen LogP contribution in [0.1, 0.15) is 46.6 Å². The summed E-state index contributed by atoms with van der Waals surface area (Å²) in [5.41, 5.74) is 3.74. The first-order chi connectivity index (χ1) is 17.5. The van der Waals surface area contributed by atoms with Crippen LogP contribution in [0.5, 0.6) is 5.75 Å². The summed E-state index contributed by atoms with van der Waals surface area (Å²) < 4.78 is 21.3. The topological polar surface area (TPSA) is 67.7 Å². The molecule has 0 N–H and O–H groups in total. The maximum Gasteiger partial charge on any atom is 0.274 e. The van der Waals surface area contributed by atoms with Crippen LogP contribution in [0.2, 0.25) is 0 Å². The molecule has 1 aliphatic heterocycles. The Bertz CT molecular complexity index is 1250. The number of hydrogen-bond donors (Lipinski definition) is 0. The lowest BCUT2D eigenvalue weighted by Crippen LogP contribution is -2.37. The fourth-order valence-corrected chi connectivity index (χ4v) is 5.15. The Kier molecular flexibility index (Phi) is 7.02. The molecule has 5 rings (SSSR count). The van der Waals surface area contributed by atoms with E-state index in [1.165, 1.54) is 6.07 Å². The molecule has 36 heavy (non-hydrogen) atoms. The standard InChI is InChI=1S/C28H31FN4O3/c1-36-21-13-10-20(11-14-21)12-15-26(34)31-16-5-17-32(19-18-31)28(35)27-22-6-4-9-24(22)33(30-27)25-8-3-2-7-23(25)29/h2-3,7-8,10-11,13-14H,4-6,9,12,15-19H2,1H3. The van der Waals surface area contributed by atoms with Gasteiger partial charge in [-0.1, -0.05) is 24.3 Å². The van der Waals surface area contributed by atoms with E-state index in [0.29, 0.717) is 50.4 Å². The number of para-hydroxylation sites is 1. The zero-order valence-corrected chi connectivity index (χ0v) is 20.6. The Morgan fingerprint density at radius 1 is 0.944 bits per heavy atom.